The maximum Gasteiger partial charge on any atom is 0.321 e. The maximum atomic E-state index is 12.2. The van der Waals surface area contributed by atoms with E-state index >= 15 is 0 Å². The van der Waals surface area contributed by atoms with E-state index in [1.54, 1.807) is 36.2 Å². The number of hydrogen-bond acceptors (Lipinski definition) is 3. The number of nitrogens with one attached hydrogen (secondary N) is 1. The molecule has 1 N–H and O–H groups in total. The average Bonchev–Trinajstić information content (AvgIpc) is 2.48. The van der Waals surface area contributed by atoms with E-state index < -0.39 is 0 Å². The zero-order valence-corrected chi connectivity index (χ0v) is 12.6. The summed E-state index contributed by atoms with van der Waals surface area (Å²) in [4.78, 5) is 25.2. The molecule has 2 rings (SSSR count). The average molecular weight is 290 g/mol. The Morgan fingerprint density at radius 1 is 1.43 bits per heavy atom. The molecule has 114 valence electrons. The highest BCUT2D eigenvalue weighted by molar-refractivity contribution is 5.96. The number of Topliss-reactive ketones (excluding diaryl/α,β-unsaturated/α-hetero) is 1. The SMILES string of the molecule is CC(=O)c1cccc(NC(=O)N(C)CC2CCCOC2)c1. The fraction of sp³-hybridized carbons (Fsp3) is 0.500. The Hall–Kier alpha value is -1.88. The topological polar surface area (TPSA) is 58.6 Å². The van der Waals surface area contributed by atoms with Crippen LogP contribution in [0.4, 0.5) is 10.5 Å². The molecule has 1 aromatic rings. The molecule has 5 nitrogen and oxygen atoms in total. The molecule has 1 aromatic carbocycles. The summed E-state index contributed by atoms with van der Waals surface area (Å²) < 4.78 is 5.43. The van der Waals surface area contributed by atoms with E-state index in [1.165, 1.54) is 6.92 Å². The number of rotatable bonds is 4. The Morgan fingerprint density at radius 2 is 2.24 bits per heavy atom. The van der Waals surface area contributed by atoms with Crippen LogP contribution in [0.1, 0.15) is 30.1 Å². The number of urea groups is 1. The van der Waals surface area contributed by atoms with Gasteiger partial charge in [0.2, 0.25) is 0 Å². The van der Waals surface area contributed by atoms with Crippen molar-refractivity contribution in [3.63, 3.8) is 0 Å². The minimum Gasteiger partial charge on any atom is -0.381 e. The van der Waals surface area contributed by atoms with Crippen molar-refractivity contribution in [1.29, 1.82) is 0 Å². The fourth-order valence-electron chi connectivity index (χ4n) is 2.46. The molecule has 5 heteroatoms. The van der Waals surface area contributed by atoms with Gasteiger partial charge in [-0.25, -0.2) is 4.79 Å². The van der Waals surface area contributed by atoms with Crippen LogP contribution in [-0.4, -0.2) is 43.5 Å². The number of anilines is 1. The van der Waals surface area contributed by atoms with E-state index in [2.05, 4.69) is 5.32 Å². The van der Waals surface area contributed by atoms with E-state index in [-0.39, 0.29) is 11.8 Å². The molecule has 1 heterocycles. The third-order valence-corrected chi connectivity index (χ3v) is 3.65. The van der Waals surface area contributed by atoms with Gasteiger partial charge in [0.15, 0.2) is 5.78 Å². The van der Waals surface area contributed by atoms with Crippen LogP contribution in [0.5, 0.6) is 0 Å². The van der Waals surface area contributed by atoms with E-state index in [0.29, 0.717) is 23.7 Å². The van der Waals surface area contributed by atoms with Crippen molar-refractivity contribution >= 4 is 17.5 Å². The summed E-state index contributed by atoms with van der Waals surface area (Å²) in [6.45, 7) is 3.73. The van der Waals surface area contributed by atoms with Gasteiger partial charge < -0.3 is 15.0 Å². The van der Waals surface area contributed by atoms with Gasteiger partial charge in [0.25, 0.3) is 0 Å². The van der Waals surface area contributed by atoms with Crippen molar-refractivity contribution in [3.05, 3.63) is 29.8 Å². The fourth-order valence-corrected chi connectivity index (χ4v) is 2.46. The lowest BCUT2D eigenvalue weighted by molar-refractivity contribution is 0.0464. The zero-order valence-electron chi connectivity index (χ0n) is 12.6. The minimum atomic E-state index is -0.165. The standard InChI is InChI=1S/C16H22N2O3/c1-12(19)14-6-3-7-15(9-14)17-16(20)18(2)10-13-5-4-8-21-11-13/h3,6-7,9,13H,4-5,8,10-11H2,1-2H3,(H,17,20). The number of nitrogens with zero attached hydrogens (tertiary/aromatic N) is 1. The van der Waals surface area contributed by atoms with Gasteiger partial charge in [0.1, 0.15) is 0 Å². The summed E-state index contributed by atoms with van der Waals surface area (Å²) in [5, 5.41) is 2.82. The number of ether oxygens (including phenoxy) is 1. The molecule has 0 spiro atoms. The van der Waals surface area contributed by atoms with Gasteiger partial charge >= 0.3 is 6.03 Å². The number of amides is 2. The highest BCUT2D eigenvalue weighted by atomic mass is 16.5. The molecule has 0 bridgehead atoms. The van der Waals surface area contributed by atoms with Gasteiger partial charge in [-0.2, -0.15) is 0 Å². The molecule has 0 aromatic heterocycles. The first kappa shape index (κ1) is 15.5. The Morgan fingerprint density at radius 3 is 2.90 bits per heavy atom. The lowest BCUT2D eigenvalue weighted by Gasteiger charge is -2.27. The van der Waals surface area contributed by atoms with E-state index in [0.717, 1.165) is 26.1 Å². The first-order chi connectivity index (χ1) is 10.1. The van der Waals surface area contributed by atoms with Crippen LogP contribution in [-0.2, 0) is 4.74 Å². The maximum absolute atomic E-state index is 12.2. The smallest absolute Gasteiger partial charge is 0.321 e. The third kappa shape index (κ3) is 4.56. The molecule has 1 unspecified atom stereocenters. The van der Waals surface area contributed by atoms with E-state index in [4.69, 9.17) is 4.74 Å². The summed E-state index contributed by atoms with van der Waals surface area (Å²) in [5.74, 6) is 0.386. The minimum absolute atomic E-state index is 0.0150. The van der Waals surface area contributed by atoms with Gasteiger partial charge in [0, 0.05) is 37.4 Å². The molecule has 1 atom stereocenters. The molecule has 1 aliphatic heterocycles. The Kier molecular flexibility index (Phi) is 5.33. The first-order valence-corrected chi connectivity index (χ1v) is 7.27. The summed E-state index contributed by atoms with van der Waals surface area (Å²) in [6, 6.07) is 6.81. The number of carbonyl (C=O) groups excluding carboxylic acids is 2. The van der Waals surface area contributed by atoms with E-state index in [1.807, 2.05) is 0 Å². The van der Waals surface area contributed by atoms with Gasteiger partial charge in [-0.1, -0.05) is 12.1 Å². The third-order valence-electron chi connectivity index (χ3n) is 3.65. The van der Waals surface area contributed by atoms with Crippen molar-refractivity contribution in [1.82, 2.24) is 4.90 Å². The van der Waals surface area contributed by atoms with Crippen molar-refractivity contribution in [2.24, 2.45) is 5.92 Å². The highest BCUT2D eigenvalue weighted by Gasteiger charge is 2.18. The van der Waals surface area contributed by atoms with Crippen molar-refractivity contribution in [2.75, 3.05) is 32.1 Å². The largest absolute Gasteiger partial charge is 0.381 e. The van der Waals surface area contributed by atoms with E-state index in [9.17, 15) is 9.59 Å². The van der Waals surface area contributed by atoms with Gasteiger partial charge in [-0.05, 0) is 31.9 Å². The van der Waals surface area contributed by atoms with Crippen molar-refractivity contribution < 1.29 is 14.3 Å². The molecular weight excluding hydrogens is 268 g/mol. The van der Waals surface area contributed by atoms with Crippen molar-refractivity contribution in [2.45, 2.75) is 19.8 Å². The Bertz CT molecular complexity index is 510. The molecule has 1 fully saturated rings. The van der Waals surface area contributed by atoms with Crippen LogP contribution in [0.2, 0.25) is 0 Å². The predicted octanol–water partition coefficient (Wildman–Crippen LogP) is 2.78. The predicted molar refractivity (Wildman–Crippen MR) is 81.6 cm³/mol. The normalized spacial score (nSPS) is 18.1. The monoisotopic (exact) mass is 290 g/mol. The van der Waals surface area contributed by atoms with Crippen LogP contribution in [0.15, 0.2) is 24.3 Å². The van der Waals surface area contributed by atoms with Crippen LogP contribution < -0.4 is 5.32 Å². The second kappa shape index (κ2) is 7.22. The molecule has 0 saturated carbocycles. The number of benzene rings is 1. The number of carbonyl (C=O) groups is 2. The van der Waals surface area contributed by atoms with Gasteiger partial charge in [-0.15, -0.1) is 0 Å². The number of ketones is 1. The van der Waals surface area contributed by atoms with Gasteiger partial charge in [0.05, 0.1) is 6.61 Å². The zero-order chi connectivity index (χ0) is 15.2. The van der Waals surface area contributed by atoms with Crippen LogP contribution in [0, 0.1) is 5.92 Å². The summed E-state index contributed by atoms with van der Waals surface area (Å²) in [5.41, 5.74) is 1.23. The summed E-state index contributed by atoms with van der Waals surface area (Å²) in [6.07, 6.45) is 2.15. The first-order valence-electron chi connectivity index (χ1n) is 7.27. The van der Waals surface area contributed by atoms with Crippen LogP contribution in [0.25, 0.3) is 0 Å². The second-order valence-corrected chi connectivity index (χ2v) is 5.53. The lowest BCUT2D eigenvalue weighted by Crippen LogP contribution is -2.37. The molecule has 1 aliphatic rings. The molecule has 21 heavy (non-hydrogen) atoms. The van der Waals surface area contributed by atoms with Crippen LogP contribution in [0.3, 0.4) is 0 Å². The van der Waals surface area contributed by atoms with Crippen LogP contribution >= 0.6 is 0 Å². The highest BCUT2D eigenvalue weighted by Crippen LogP contribution is 2.16. The summed E-state index contributed by atoms with van der Waals surface area (Å²) in [7, 11) is 1.78. The number of hydrogen-bond donors (Lipinski definition) is 1. The molecule has 0 aliphatic carbocycles. The molecular formula is C16H22N2O3. The Balaban J connectivity index is 1.90. The molecule has 2 amide bonds. The molecule has 1 saturated heterocycles. The second-order valence-electron chi connectivity index (χ2n) is 5.53. The van der Waals surface area contributed by atoms with Crippen molar-refractivity contribution in [3.8, 4) is 0 Å². The van der Waals surface area contributed by atoms with Gasteiger partial charge in [-0.3, -0.25) is 4.79 Å². The molecule has 0 radical (unpaired) electrons. The quantitative estimate of drug-likeness (QED) is 0.867. The summed E-state index contributed by atoms with van der Waals surface area (Å²) >= 11 is 0. The Labute approximate surface area is 125 Å². The lowest BCUT2D eigenvalue weighted by atomic mass is 10.0.